The zero-order valence-electron chi connectivity index (χ0n) is 16.3. The Morgan fingerprint density at radius 1 is 1.33 bits per heavy atom. The van der Waals surface area contributed by atoms with Crippen LogP contribution in [0, 0.1) is 0 Å². The maximum Gasteiger partial charge on any atom is 0.434 e. The molecule has 1 amide bonds. The number of alkyl halides is 3. The van der Waals surface area contributed by atoms with Gasteiger partial charge in [0.25, 0.3) is 0 Å². The van der Waals surface area contributed by atoms with Crippen molar-refractivity contribution in [2.75, 3.05) is 24.5 Å². The minimum atomic E-state index is -4.42. The predicted molar refractivity (Wildman–Crippen MR) is 123 cm³/mol. The first kappa shape index (κ1) is 24.4. The molecule has 2 heterocycles. The molecule has 6 nitrogen and oxygen atoms in total. The van der Waals surface area contributed by atoms with Crippen LogP contribution in [0.25, 0.3) is 0 Å². The SMILES string of the molecule is CCNC(=NCCc1nc(C(F)(F)F)cs1)NC1CC(=O)N(c2ccccc2)C1.I. The number of amides is 1. The van der Waals surface area contributed by atoms with Crippen LogP contribution in [0.15, 0.2) is 40.7 Å². The quantitative estimate of drug-likeness (QED) is 0.326. The monoisotopic (exact) mass is 553 g/mol. The van der Waals surface area contributed by atoms with Gasteiger partial charge < -0.3 is 15.5 Å². The number of aliphatic imine (C=N–C) groups is 1. The van der Waals surface area contributed by atoms with Crippen LogP contribution >= 0.6 is 35.3 Å². The van der Waals surface area contributed by atoms with Gasteiger partial charge in [-0.3, -0.25) is 9.79 Å². The maximum absolute atomic E-state index is 12.6. The third-order valence-electron chi connectivity index (χ3n) is 4.32. The van der Waals surface area contributed by atoms with Crippen LogP contribution in [-0.2, 0) is 17.4 Å². The molecular weight excluding hydrogens is 530 g/mol. The largest absolute Gasteiger partial charge is 0.434 e. The molecule has 1 unspecified atom stereocenters. The summed E-state index contributed by atoms with van der Waals surface area (Å²) >= 11 is 0.980. The number of nitrogens with zero attached hydrogens (tertiary/aromatic N) is 3. The summed E-state index contributed by atoms with van der Waals surface area (Å²) in [7, 11) is 0. The second-order valence-electron chi connectivity index (χ2n) is 6.52. The molecule has 0 radical (unpaired) electrons. The van der Waals surface area contributed by atoms with E-state index in [9.17, 15) is 18.0 Å². The van der Waals surface area contributed by atoms with E-state index in [1.807, 2.05) is 37.3 Å². The van der Waals surface area contributed by atoms with Crippen LogP contribution < -0.4 is 15.5 Å². The minimum absolute atomic E-state index is 0. The molecule has 1 aliphatic rings. The Labute approximate surface area is 194 Å². The first-order valence-electron chi connectivity index (χ1n) is 9.28. The third-order valence-corrected chi connectivity index (χ3v) is 5.22. The van der Waals surface area contributed by atoms with E-state index >= 15 is 0 Å². The zero-order valence-corrected chi connectivity index (χ0v) is 19.4. The number of nitrogens with one attached hydrogen (secondary N) is 2. The van der Waals surface area contributed by atoms with E-state index in [1.165, 1.54) is 0 Å². The maximum atomic E-state index is 12.6. The van der Waals surface area contributed by atoms with E-state index in [0.29, 0.717) is 43.4 Å². The van der Waals surface area contributed by atoms with Crippen LogP contribution in [-0.4, -0.2) is 42.5 Å². The van der Waals surface area contributed by atoms with E-state index in [0.717, 1.165) is 22.4 Å². The lowest BCUT2D eigenvalue weighted by molar-refractivity contribution is -0.140. The summed E-state index contributed by atoms with van der Waals surface area (Å²) in [5.41, 5.74) is -0.00930. The molecule has 1 atom stereocenters. The summed E-state index contributed by atoms with van der Waals surface area (Å²) in [5, 5.41) is 7.76. The van der Waals surface area contributed by atoms with Crippen molar-refractivity contribution >= 4 is 52.9 Å². The Morgan fingerprint density at radius 3 is 2.70 bits per heavy atom. The Bertz CT molecular complexity index is 859. The molecule has 164 valence electrons. The van der Waals surface area contributed by atoms with E-state index < -0.39 is 11.9 Å². The Balaban J connectivity index is 0.00000320. The molecule has 1 aromatic carbocycles. The van der Waals surface area contributed by atoms with Gasteiger partial charge in [0.1, 0.15) is 0 Å². The van der Waals surface area contributed by atoms with E-state index in [2.05, 4.69) is 20.6 Å². The molecule has 2 N–H and O–H groups in total. The van der Waals surface area contributed by atoms with Gasteiger partial charge in [-0.25, -0.2) is 4.98 Å². The van der Waals surface area contributed by atoms with Crippen LogP contribution in [0.4, 0.5) is 18.9 Å². The average molecular weight is 553 g/mol. The van der Waals surface area contributed by atoms with E-state index in [-0.39, 0.29) is 35.9 Å². The van der Waals surface area contributed by atoms with Crippen molar-refractivity contribution in [2.45, 2.75) is 32.0 Å². The van der Waals surface area contributed by atoms with Gasteiger partial charge in [0, 0.05) is 43.5 Å². The van der Waals surface area contributed by atoms with Gasteiger partial charge in [-0.1, -0.05) is 18.2 Å². The molecule has 1 aromatic heterocycles. The average Bonchev–Trinajstić information content (AvgIpc) is 3.29. The molecule has 0 spiro atoms. The van der Waals surface area contributed by atoms with Gasteiger partial charge in [-0.2, -0.15) is 13.2 Å². The Kier molecular flexibility index (Phi) is 8.89. The fraction of sp³-hybridized carbons (Fsp3) is 0.421. The number of carbonyl (C=O) groups is 1. The summed E-state index contributed by atoms with van der Waals surface area (Å²) in [6.07, 6.45) is -3.76. The summed E-state index contributed by atoms with van der Waals surface area (Å²) < 4.78 is 37.9. The van der Waals surface area contributed by atoms with Crippen molar-refractivity contribution in [3.63, 3.8) is 0 Å². The molecular formula is C19H23F3IN5OS. The first-order valence-corrected chi connectivity index (χ1v) is 10.2. The van der Waals surface area contributed by atoms with Gasteiger partial charge in [-0.05, 0) is 19.1 Å². The molecule has 30 heavy (non-hydrogen) atoms. The van der Waals surface area contributed by atoms with Crippen LogP contribution in [0.1, 0.15) is 24.0 Å². The van der Waals surface area contributed by atoms with Gasteiger partial charge in [0.05, 0.1) is 11.0 Å². The zero-order chi connectivity index (χ0) is 20.9. The summed E-state index contributed by atoms with van der Waals surface area (Å²) in [4.78, 5) is 22.1. The molecule has 2 aromatic rings. The number of halogens is 4. The number of para-hydroxylation sites is 1. The fourth-order valence-electron chi connectivity index (χ4n) is 2.99. The van der Waals surface area contributed by atoms with Crippen molar-refractivity contribution in [2.24, 2.45) is 4.99 Å². The molecule has 0 aliphatic carbocycles. The highest BCUT2D eigenvalue weighted by molar-refractivity contribution is 14.0. The van der Waals surface area contributed by atoms with Crippen molar-refractivity contribution in [1.82, 2.24) is 15.6 Å². The molecule has 1 saturated heterocycles. The van der Waals surface area contributed by atoms with E-state index in [4.69, 9.17) is 0 Å². The molecule has 11 heteroatoms. The highest BCUT2D eigenvalue weighted by Gasteiger charge is 2.33. The lowest BCUT2D eigenvalue weighted by atomic mass is 10.2. The third kappa shape index (κ3) is 6.56. The summed E-state index contributed by atoms with van der Waals surface area (Å²) in [5.74, 6) is 0.569. The highest BCUT2D eigenvalue weighted by Crippen LogP contribution is 2.30. The van der Waals surface area contributed by atoms with Gasteiger partial charge >= 0.3 is 6.18 Å². The standard InChI is InChI=1S/C19H22F3N5OS.HI/c1-2-23-18(24-9-8-16-26-15(12-29-16)19(20,21)22)25-13-10-17(28)27(11-13)14-6-4-3-5-7-14;/h3-7,12-13H,2,8-11H2,1H3,(H2,23,24,25);1H. The molecule has 1 fully saturated rings. The van der Waals surface area contributed by atoms with Crippen molar-refractivity contribution in [1.29, 1.82) is 0 Å². The normalized spacial score (nSPS) is 17.1. The number of carbonyl (C=O) groups excluding carboxylic acids is 1. The van der Waals surface area contributed by atoms with Crippen molar-refractivity contribution < 1.29 is 18.0 Å². The molecule has 3 rings (SSSR count). The lowest BCUT2D eigenvalue weighted by Crippen LogP contribution is -2.44. The highest BCUT2D eigenvalue weighted by atomic mass is 127. The Hall–Kier alpha value is -1.89. The smallest absolute Gasteiger partial charge is 0.357 e. The van der Waals surface area contributed by atoms with Crippen LogP contribution in [0.5, 0.6) is 0 Å². The van der Waals surface area contributed by atoms with Crippen molar-refractivity contribution in [3.05, 3.63) is 46.4 Å². The molecule has 1 aliphatic heterocycles. The minimum Gasteiger partial charge on any atom is -0.357 e. The number of hydrogen-bond acceptors (Lipinski definition) is 4. The number of benzene rings is 1. The molecule has 0 saturated carbocycles. The van der Waals surface area contributed by atoms with Gasteiger partial charge in [-0.15, -0.1) is 35.3 Å². The number of guanidine groups is 1. The van der Waals surface area contributed by atoms with E-state index in [1.54, 1.807) is 4.90 Å². The summed E-state index contributed by atoms with van der Waals surface area (Å²) in [6.45, 7) is 3.37. The topological polar surface area (TPSA) is 69.6 Å². The van der Waals surface area contributed by atoms with Crippen LogP contribution in [0.2, 0.25) is 0 Å². The number of hydrogen-bond donors (Lipinski definition) is 2. The number of anilines is 1. The van der Waals surface area contributed by atoms with Gasteiger partial charge in [0.15, 0.2) is 11.7 Å². The van der Waals surface area contributed by atoms with Crippen LogP contribution in [0.3, 0.4) is 0 Å². The number of thiazole rings is 1. The second kappa shape index (κ2) is 10.9. The molecule has 0 bridgehead atoms. The van der Waals surface area contributed by atoms with Crippen molar-refractivity contribution in [3.8, 4) is 0 Å². The number of aromatic nitrogens is 1. The first-order chi connectivity index (χ1) is 13.9. The van der Waals surface area contributed by atoms with Gasteiger partial charge in [0.2, 0.25) is 5.91 Å². The number of rotatable bonds is 6. The fourth-order valence-corrected chi connectivity index (χ4v) is 3.79. The Morgan fingerprint density at radius 2 is 2.07 bits per heavy atom. The summed E-state index contributed by atoms with van der Waals surface area (Å²) in [6, 6.07) is 9.36. The lowest BCUT2D eigenvalue weighted by Gasteiger charge is -2.19. The predicted octanol–water partition coefficient (Wildman–Crippen LogP) is 3.68. The second-order valence-corrected chi connectivity index (χ2v) is 7.46.